The molecule has 0 saturated carbocycles. The van der Waals surface area contributed by atoms with Gasteiger partial charge in [-0.3, -0.25) is 0 Å². The van der Waals surface area contributed by atoms with Gasteiger partial charge < -0.3 is 15.4 Å². The van der Waals surface area contributed by atoms with Gasteiger partial charge in [0, 0.05) is 12.7 Å². The number of carbonyl (C=O) groups is 1. The van der Waals surface area contributed by atoms with Crippen molar-refractivity contribution < 1.29 is 18.3 Å². The van der Waals surface area contributed by atoms with Crippen LogP contribution in [0.1, 0.15) is 19.8 Å². The van der Waals surface area contributed by atoms with Gasteiger partial charge in [-0.2, -0.15) is 0 Å². The van der Waals surface area contributed by atoms with Gasteiger partial charge in [-0.15, -0.1) is 0 Å². The standard InChI is InChI=1S/C13H16F2N2O2/c1-8(12-3-2-6-19-12)16-13(18)17-11-5-4-9(14)7-10(11)15/h4-5,7-8,12H,2-3,6H2,1H3,(H2,16,17,18)/t8-,12-/m1/s1. The van der Waals surface area contributed by atoms with Crippen LogP contribution in [0.25, 0.3) is 0 Å². The number of hydrogen-bond acceptors (Lipinski definition) is 2. The third kappa shape index (κ3) is 3.64. The summed E-state index contributed by atoms with van der Waals surface area (Å²) >= 11 is 0. The first kappa shape index (κ1) is 13.7. The van der Waals surface area contributed by atoms with Crippen LogP contribution in [0.3, 0.4) is 0 Å². The van der Waals surface area contributed by atoms with Crippen molar-refractivity contribution in [3.8, 4) is 0 Å². The van der Waals surface area contributed by atoms with Crippen LogP contribution in [0, 0.1) is 11.6 Å². The number of urea groups is 1. The first-order valence-electron chi connectivity index (χ1n) is 6.20. The molecule has 0 radical (unpaired) electrons. The van der Waals surface area contributed by atoms with E-state index in [1.165, 1.54) is 6.07 Å². The molecular formula is C13H16F2N2O2. The number of benzene rings is 1. The van der Waals surface area contributed by atoms with Crippen molar-refractivity contribution in [3.05, 3.63) is 29.8 Å². The van der Waals surface area contributed by atoms with Gasteiger partial charge in [-0.25, -0.2) is 13.6 Å². The van der Waals surface area contributed by atoms with Crippen LogP contribution < -0.4 is 10.6 Å². The van der Waals surface area contributed by atoms with E-state index in [-0.39, 0.29) is 17.8 Å². The molecule has 1 aliphatic rings. The second-order valence-electron chi connectivity index (χ2n) is 4.56. The second-order valence-corrected chi connectivity index (χ2v) is 4.56. The molecule has 2 rings (SSSR count). The molecule has 1 aromatic carbocycles. The van der Waals surface area contributed by atoms with Gasteiger partial charge in [0.05, 0.1) is 17.8 Å². The van der Waals surface area contributed by atoms with Gasteiger partial charge in [0.25, 0.3) is 0 Å². The van der Waals surface area contributed by atoms with E-state index in [0.29, 0.717) is 6.61 Å². The third-order valence-electron chi connectivity index (χ3n) is 3.06. The van der Waals surface area contributed by atoms with Crippen molar-refractivity contribution >= 4 is 11.7 Å². The summed E-state index contributed by atoms with van der Waals surface area (Å²) in [5, 5.41) is 5.02. The molecule has 2 atom stereocenters. The fourth-order valence-corrected chi connectivity index (χ4v) is 2.05. The SMILES string of the molecule is C[C@@H](NC(=O)Nc1ccc(F)cc1F)[C@H]1CCCO1. The smallest absolute Gasteiger partial charge is 0.319 e. The zero-order valence-electron chi connectivity index (χ0n) is 10.6. The number of anilines is 1. The maximum atomic E-state index is 13.3. The van der Waals surface area contributed by atoms with Gasteiger partial charge in [0.1, 0.15) is 11.6 Å². The summed E-state index contributed by atoms with van der Waals surface area (Å²) in [6.07, 6.45) is 1.86. The van der Waals surface area contributed by atoms with Gasteiger partial charge in [0.2, 0.25) is 0 Å². The fourth-order valence-electron chi connectivity index (χ4n) is 2.05. The molecular weight excluding hydrogens is 254 g/mol. The highest BCUT2D eigenvalue weighted by molar-refractivity contribution is 5.89. The summed E-state index contributed by atoms with van der Waals surface area (Å²) in [7, 11) is 0. The first-order valence-corrected chi connectivity index (χ1v) is 6.20. The highest BCUT2D eigenvalue weighted by Gasteiger charge is 2.23. The van der Waals surface area contributed by atoms with Crippen molar-refractivity contribution in [3.63, 3.8) is 0 Å². The number of carbonyl (C=O) groups excluding carboxylic acids is 1. The normalized spacial score (nSPS) is 20.1. The Bertz CT molecular complexity index is 462. The summed E-state index contributed by atoms with van der Waals surface area (Å²) in [5.41, 5.74) is -0.0570. The van der Waals surface area contributed by atoms with Crippen LogP contribution >= 0.6 is 0 Å². The maximum absolute atomic E-state index is 13.3. The minimum atomic E-state index is -0.806. The van der Waals surface area contributed by atoms with Crippen molar-refractivity contribution in [2.24, 2.45) is 0 Å². The average molecular weight is 270 g/mol. The molecule has 0 aliphatic carbocycles. The van der Waals surface area contributed by atoms with E-state index in [9.17, 15) is 13.6 Å². The minimum Gasteiger partial charge on any atom is -0.376 e. The van der Waals surface area contributed by atoms with E-state index in [0.717, 1.165) is 25.0 Å². The Kier molecular flexibility index (Phi) is 4.31. The van der Waals surface area contributed by atoms with Crippen LogP contribution in [0.15, 0.2) is 18.2 Å². The summed E-state index contributed by atoms with van der Waals surface area (Å²) in [4.78, 5) is 11.7. The van der Waals surface area contributed by atoms with E-state index in [4.69, 9.17) is 4.74 Å². The lowest BCUT2D eigenvalue weighted by molar-refractivity contribution is 0.0868. The van der Waals surface area contributed by atoms with E-state index in [1.807, 2.05) is 6.92 Å². The zero-order chi connectivity index (χ0) is 13.8. The molecule has 19 heavy (non-hydrogen) atoms. The van der Waals surface area contributed by atoms with Crippen LogP contribution in [-0.4, -0.2) is 24.8 Å². The van der Waals surface area contributed by atoms with Gasteiger partial charge in [0.15, 0.2) is 0 Å². The van der Waals surface area contributed by atoms with Crippen molar-refractivity contribution in [2.45, 2.75) is 31.9 Å². The lowest BCUT2D eigenvalue weighted by Crippen LogP contribution is -2.43. The number of hydrogen-bond donors (Lipinski definition) is 2. The summed E-state index contributed by atoms with van der Waals surface area (Å²) in [6.45, 7) is 2.53. The number of amides is 2. The number of halogens is 2. The number of ether oxygens (including phenoxy) is 1. The predicted octanol–water partition coefficient (Wildman–Crippen LogP) is 2.65. The lowest BCUT2D eigenvalue weighted by atomic mass is 10.1. The Labute approximate surface area is 110 Å². The quantitative estimate of drug-likeness (QED) is 0.887. The van der Waals surface area contributed by atoms with Crippen molar-refractivity contribution in [1.29, 1.82) is 0 Å². The number of nitrogens with one attached hydrogen (secondary N) is 2. The van der Waals surface area contributed by atoms with Crippen LogP contribution in [0.2, 0.25) is 0 Å². The molecule has 1 aliphatic heterocycles. The molecule has 1 saturated heterocycles. The molecule has 104 valence electrons. The monoisotopic (exact) mass is 270 g/mol. The molecule has 2 N–H and O–H groups in total. The zero-order valence-corrected chi connectivity index (χ0v) is 10.6. The van der Waals surface area contributed by atoms with Crippen LogP contribution in [0.4, 0.5) is 19.3 Å². The largest absolute Gasteiger partial charge is 0.376 e. The summed E-state index contributed by atoms with van der Waals surface area (Å²) < 4.78 is 31.5. The maximum Gasteiger partial charge on any atom is 0.319 e. The molecule has 0 bridgehead atoms. The minimum absolute atomic E-state index is 0.0104. The predicted molar refractivity (Wildman–Crippen MR) is 66.9 cm³/mol. The molecule has 4 nitrogen and oxygen atoms in total. The van der Waals surface area contributed by atoms with Gasteiger partial charge in [-0.1, -0.05) is 0 Å². The van der Waals surface area contributed by atoms with Gasteiger partial charge in [-0.05, 0) is 31.9 Å². The van der Waals surface area contributed by atoms with E-state index in [1.54, 1.807) is 0 Å². The topological polar surface area (TPSA) is 50.4 Å². The molecule has 1 fully saturated rings. The third-order valence-corrected chi connectivity index (χ3v) is 3.06. The Balaban J connectivity index is 1.89. The fraction of sp³-hybridized carbons (Fsp3) is 0.462. The molecule has 0 spiro atoms. The molecule has 0 unspecified atom stereocenters. The lowest BCUT2D eigenvalue weighted by Gasteiger charge is -2.20. The van der Waals surface area contributed by atoms with E-state index >= 15 is 0 Å². The average Bonchev–Trinajstić information content (AvgIpc) is 2.86. The molecule has 2 amide bonds. The molecule has 1 heterocycles. The first-order chi connectivity index (χ1) is 9.06. The Morgan fingerprint density at radius 1 is 1.47 bits per heavy atom. The highest BCUT2D eigenvalue weighted by atomic mass is 19.1. The number of rotatable bonds is 3. The van der Waals surface area contributed by atoms with Crippen molar-refractivity contribution in [2.75, 3.05) is 11.9 Å². The Morgan fingerprint density at radius 3 is 2.89 bits per heavy atom. The van der Waals surface area contributed by atoms with Crippen LogP contribution in [0.5, 0.6) is 0 Å². The van der Waals surface area contributed by atoms with E-state index < -0.39 is 17.7 Å². The van der Waals surface area contributed by atoms with Gasteiger partial charge >= 0.3 is 6.03 Å². The molecule has 1 aromatic rings. The van der Waals surface area contributed by atoms with Crippen molar-refractivity contribution in [1.82, 2.24) is 5.32 Å². The Morgan fingerprint density at radius 2 is 2.26 bits per heavy atom. The molecule has 6 heteroatoms. The summed E-state index contributed by atoms with van der Waals surface area (Å²) in [5.74, 6) is -1.49. The van der Waals surface area contributed by atoms with E-state index in [2.05, 4.69) is 10.6 Å². The van der Waals surface area contributed by atoms with Crippen LogP contribution in [-0.2, 0) is 4.74 Å². The molecule has 0 aromatic heterocycles. The summed E-state index contributed by atoms with van der Waals surface area (Å²) in [6, 6.07) is 2.29. The second kappa shape index (κ2) is 5.97. The Hall–Kier alpha value is -1.69. The highest BCUT2D eigenvalue weighted by Crippen LogP contribution is 2.17.